The van der Waals surface area contributed by atoms with Gasteiger partial charge in [-0.1, -0.05) is 12.1 Å². The van der Waals surface area contributed by atoms with E-state index in [4.69, 9.17) is 4.99 Å². The Morgan fingerprint density at radius 3 is 2.68 bits per heavy atom. The molecule has 8 heteroatoms. The molecule has 1 aromatic carbocycles. The maximum absolute atomic E-state index is 4.72. The van der Waals surface area contributed by atoms with E-state index >= 15 is 0 Å². The van der Waals surface area contributed by atoms with Crippen LogP contribution in [0.4, 0.5) is 0 Å². The fourth-order valence-corrected chi connectivity index (χ4v) is 3.13. The molecule has 0 radical (unpaired) electrons. The number of para-hydroxylation sites is 2. The van der Waals surface area contributed by atoms with Gasteiger partial charge < -0.3 is 15.6 Å². The van der Waals surface area contributed by atoms with Crippen LogP contribution in [0.15, 0.2) is 29.3 Å². The van der Waals surface area contributed by atoms with Crippen molar-refractivity contribution in [1.82, 2.24) is 30.4 Å². The van der Waals surface area contributed by atoms with Crippen LogP contribution in [0.1, 0.15) is 36.1 Å². The van der Waals surface area contributed by atoms with Gasteiger partial charge in [0, 0.05) is 37.8 Å². The van der Waals surface area contributed by atoms with Crippen LogP contribution in [0.2, 0.25) is 0 Å². The number of fused-ring (bicyclic) bond motifs is 1. The van der Waals surface area contributed by atoms with Crippen LogP contribution < -0.4 is 10.6 Å². The molecule has 0 fully saturated rings. The third-order valence-corrected chi connectivity index (χ3v) is 4.72. The Morgan fingerprint density at radius 1 is 1.21 bits per heavy atom. The fraction of sp³-hybridized carbons (Fsp3) is 0.450. The highest BCUT2D eigenvalue weighted by Crippen LogP contribution is 2.13. The van der Waals surface area contributed by atoms with E-state index in [1.54, 1.807) is 0 Å². The van der Waals surface area contributed by atoms with Crippen molar-refractivity contribution < 1.29 is 0 Å². The quantitative estimate of drug-likeness (QED) is 0.204. The van der Waals surface area contributed by atoms with E-state index in [0.29, 0.717) is 6.54 Å². The molecule has 0 spiro atoms. The minimum atomic E-state index is 0. The van der Waals surface area contributed by atoms with E-state index in [2.05, 4.69) is 45.6 Å². The second-order valence-electron chi connectivity index (χ2n) is 6.70. The maximum Gasteiger partial charge on any atom is 0.191 e. The molecule has 0 aliphatic heterocycles. The average molecular weight is 495 g/mol. The third kappa shape index (κ3) is 5.46. The molecule has 0 atom stereocenters. The first-order chi connectivity index (χ1) is 13.1. The van der Waals surface area contributed by atoms with Crippen LogP contribution in [0, 0.1) is 13.8 Å². The molecule has 0 aliphatic carbocycles. The predicted octanol–water partition coefficient (Wildman–Crippen LogP) is 3.22. The van der Waals surface area contributed by atoms with Gasteiger partial charge in [-0.2, -0.15) is 5.10 Å². The minimum absolute atomic E-state index is 0. The highest BCUT2D eigenvalue weighted by Gasteiger charge is 2.09. The molecule has 0 bridgehead atoms. The van der Waals surface area contributed by atoms with Crippen LogP contribution in [-0.4, -0.2) is 38.8 Å². The average Bonchev–Trinajstić information content (AvgIpc) is 3.17. The molecule has 2 heterocycles. The largest absolute Gasteiger partial charge is 0.357 e. The van der Waals surface area contributed by atoms with Crippen molar-refractivity contribution in [1.29, 1.82) is 0 Å². The van der Waals surface area contributed by atoms with Crippen LogP contribution in [0.3, 0.4) is 0 Å². The van der Waals surface area contributed by atoms with E-state index < -0.39 is 0 Å². The van der Waals surface area contributed by atoms with Crippen molar-refractivity contribution >= 4 is 41.0 Å². The van der Waals surface area contributed by atoms with E-state index in [1.165, 1.54) is 5.56 Å². The standard InChI is InChI=1S/C20H29N7.HI/c1-5-21-20(23-13-16-14(2)26-27(4)15(16)3)22-12-8-11-19-24-17-9-6-7-10-18(17)25-19;/h6-7,9-10H,5,8,11-13H2,1-4H3,(H,24,25)(H2,21,22,23);1H. The van der Waals surface area contributed by atoms with Crippen molar-refractivity contribution in [3.05, 3.63) is 47.0 Å². The summed E-state index contributed by atoms with van der Waals surface area (Å²) in [5.74, 6) is 1.87. The lowest BCUT2D eigenvalue weighted by molar-refractivity contribution is 0.725. The Labute approximate surface area is 183 Å². The lowest BCUT2D eigenvalue weighted by Crippen LogP contribution is -2.37. The number of hydrogen-bond donors (Lipinski definition) is 3. The number of benzene rings is 1. The number of hydrogen-bond acceptors (Lipinski definition) is 3. The molecule has 0 amide bonds. The summed E-state index contributed by atoms with van der Waals surface area (Å²) >= 11 is 0. The first-order valence-electron chi connectivity index (χ1n) is 9.53. The van der Waals surface area contributed by atoms with Gasteiger partial charge in [-0.15, -0.1) is 24.0 Å². The normalized spacial score (nSPS) is 11.5. The highest BCUT2D eigenvalue weighted by atomic mass is 127. The fourth-order valence-electron chi connectivity index (χ4n) is 3.13. The van der Waals surface area contributed by atoms with Crippen LogP contribution >= 0.6 is 24.0 Å². The Morgan fingerprint density at radius 2 is 2.00 bits per heavy atom. The summed E-state index contributed by atoms with van der Waals surface area (Å²) in [4.78, 5) is 12.7. The van der Waals surface area contributed by atoms with Gasteiger partial charge in [0.05, 0.1) is 23.3 Å². The van der Waals surface area contributed by atoms with Crippen molar-refractivity contribution in [2.75, 3.05) is 13.1 Å². The molecule has 3 N–H and O–H groups in total. The molecular formula is C20H30IN7. The molecule has 3 rings (SSSR count). The van der Waals surface area contributed by atoms with Gasteiger partial charge in [0.15, 0.2) is 5.96 Å². The highest BCUT2D eigenvalue weighted by molar-refractivity contribution is 14.0. The first kappa shape index (κ1) is 22.2. The second-order valence-corrected chi connectivity index (χ2v) is 6.70. The molecule has 0 saturated heterocycles. The van der Waals surface area contributed by atoms with Crippen LogP contribution in [-0.2, 0) is 20.0 Å². The Balaban J connectivity index is 0.00000280. The summed E-state index contributed by atoms with van der Waals surface area (Å²) in [6.07, 6.45) is 1.89. The molecule has 0 unspecified atom stereocenters. The number of aromatic nitrogens is 4. The molecule has 2 aromatic heterocycles. The van der Waals surface area contributed by atoms with Crippen molar-refractivity contribution in [3.8, 4) is 0 Å². The number of nitrogens with one attached hydrogen (secondary N) is 3. The Hall–Kier alpha value is -2.10. The number of rotatable bonds is 7. The summed E-state index contributed by atoms with van der Waals surface area (Å²) in [5.41, 5.74) is 5.52. The van der Waals surface area contributed by atoms with Gasteiger partial charge in [0.25, 0.3) is 0 Å². The lowest BCUT2D eigenvalue weighted by Gasteiger charge is -2.11. The monoisotopic (exact) mass is 495 g/mol. The van der Waals surface area contributed by atoms with Gasteiger partial charge in [-0.3, -0.25) is 4.68 Å². The van der Waals surface area contributed by atoms with Gasteiger partial charge in [-0.05, 0) is 39.3 Å². The SMILES string of the molecule is CCNC(=NCc1c(C)nn(C)c1C)NCCCc1nc2ccccc2[nH]1.I. The van der Waals surface area contributed by atoms with E-state index in [9.17, 15) is 0 Å². The summed E-state index contributed by atoms with van der Waals surface area (Å²) in [7, 11) is 1.97. The van der Waals surface area contributed by atoms with Crippen molar-refractivity contribution in [2.45, 2.75) is 40.2 Å². The zero-order valence-electron chi connectivity index (χ0n) is 17.0. The summed E-state index contributed by atoms with van der Waals surface area (Å²) in [6, 6.07) is 8.13. The number of imidazole rings is 1. The first-order valence-corrected chi connectivity index (χ1v) is 9.53. The Bertz CT molecular complexity index is 893. The molecule has 28 heavy (non-hydrogen) atoms. The zero-order valence-corrected chi connectivity index (χ0v) is 19.4. The zero-order chi connectivity index (χ0) is 19.2. The second kappa shape index (κ2) is 10.4. The smallest absolute Gasteiger partial charge is 0.191 e. The number of aromatic amines is 1. The number of aliphatic imine (C=N–C) groups is 1. The number of H-pyrrole nitrogens is 1. The maximum atomic E-state index is 4.72. The topological polar surface area (TPSA) is 82.9 Å². The van der Waals surface area contributed by atoms with Gasteiger partial charge in [-0.25, -0.2) is 9.98 Å². The van der Waals surface area contributed by atoms with Crippen LogP contribution in [0.25, 0.3) is 11.0 Å². The summed E-state index contributed by atoms with van der Waals surface area (Å²) in [5, 5.41) is 11.2. The number of halogens is 1. The number of guanidine groups is 1. The van der Waals surface area contributed by atoms with E-state index in [-0.39, 0.29) is 24.0 Å². The summed E-state index contributed by atoms with van der Waals surface area (Å²) in [6.45, 7) is 8.50. The molecular weight excluding hydrogens is 465 g/mol. The minimum Gasteiger partial charge on any atom is -0.357 e. The molecule has 152 valence electrons. The molecule has 0 aliphatic rings. The Kier molecular flexibility index (Phi) is 8.28. The molecule has 0 saturated carbocycles. The third-order valence-electron chi connectivity index (χ3n) is 4.72. The van der Waals surface area contributed by atoms with Gasteiger partial charge in [0.1, 0.15) is 5.82 Å². The van der Waals surface area contributed by atoms with E-state index in [1.807, 2.05) is 36.9 Å². The van der Waals surface area contributed by atoms with Crippen molar-refractivity contribution in [2.24, 2.45) is 12.0 Å². The van der Waals surface area contributed by atoms with E-state index in [0.717, 1.165) is 60.1 Å². The number of aryl methyl sites for hydroxylation is 3. The lowest BCUT2D eigenvalue weighted by atomic mass is 10.2. The predicted molar refractivity (Wildman–Crippen MR) is 125 cm³/mol. The molecule has 7 nitrogen and oxygen atoms in total. The van der Waals surface area contributed by atoms with Crippen LogP contribution in [0.5, 0.6) is 0 Å². The van der Waals surface area contributed by atoms with Gasteiger partial charge >= 0.3 is 0 Å². The number of nitrogens with zero attached hydrogens (tertiary/aromatic N) is 4. The summed E-state index contributed by atoms with van der Waals surface area (Å²) < 4.78 is 1.91. The molecule has 3 aromatic rings. The van der Waals surface area contributed by atoms with Crippen molar-refractivity contribution in [3.63, 3.8) is 0 Å². The van der Waals surface area contributed by atoms with Gasteiger partial charge in [0.2, 0.25) is 0 Å².